The molecule has 27 heavy (non-hydrogen) atoms. The lowest BCUT2D eigenvalue weighted by Crippen LogP contribution is -2.26. The van der Waals surface area contributed by atoms with Gasteiger partial charge in [0.15, 0.2) is 5.78 Å². The third kappa shape index (κ3) is 6.44. The smallest absolute Gasteiger partial charge is 0.220 e. The molecule has 144 valence electrons. The van der Waals surface area contributed by atoms with Crippen LogP contribution < -0.4 is 14.8 Å². The average molecular weight is 369 g/mol. The molecule has 0 atom stereocenters. The third-order valence-corrected chi connectivity index (χ3v) is 4.22. The van der Waals surface area contributed by atoms with E-state index in [2.05, 4.69) is 11.4 Å². The monoisotopic (exact) mass is 369 g/mol. The molecular weight excluding hydrogens is 342 g/mol. The van der Waals surface area contributed by atoms with E-state index < -0.39 is 0 Å². The lowest BCUT2D eigenvalue weighted by molar-refractivity contribution is -0.121. The third-order valence-electron chi connectivity index (χ3n) is 4.22. The highest BCUT2D eigenvalue weighted by Crippen LogP contribution is 2.19. The first-order valence-electron chi connectivity index (χ1n) is 9.19. The van der Waals surface area contributed by atoms with E-state index >= 15 is 0 Å². The van der Waals surface area contributed by atoms with Crippen LogP contribution in [0.15, 0.2) is 42.5 Å². The van der Waals surface area contributed by atoms with E-state index in [0.717, 1.165) is 22.6 Å². The lowest BCUT2D eigenvalue weighted by Gasteiger charge is -2.10. The maximum absolute atomic E-state index is 12.2. The first kappa shape index (κ1) is 20.5. The zero-order valence-corrected chi connectivity index (χ0v) is 16.2. The number of rotatable bonds is 10. The van der Waals surface area contributed by atoms with Crippen LogP contribution in [0.25, 0.3) is 0 Å². The van der Waals surface area contributed by atoms with Crippen LogP contribution in [0.2, 0.25) is 0 Å². The molecule has 0 heterocycles. The molecule has 5 nitrogen and oxygen atoms in total. The van der Waals surface area contributed by atoms with Gasteiger partial charge in [-0.2, -0.15) is 0 Å². The molecule has 2 rings (SSSR count). The van der Waals surface area contributed by atoms with Crippen LogP contribution in [0.5, 0.6) is 11.5 Å². The maximum Gasteiger partial charge on any atom is 0.220 e. The van der Waals surface area contributed by atoms with Gasteiger partial charge in [0, 0.05) is 24.9 Å². The highest BCUT2D eigenvalue weighted by atomic mass is 16.5. The van der Waals surface area contributed by atoms with E-state index in [1.165, 1.54) is 0 Å². The number of carbonyl (C=O) groups excluding carboxylic acids is 2. The summed E-state index contributed by atoms with van der Waals surface area (Å²) in [5, 5.41) is 2.87. The van der Waals surface area contributed by atoms with Crippen molar-refractivity contribution >= 4 is 11.7 Å². The van der Waals surface area contributed by atoms with Crippen LogP contribution in [0.3, 0.4) is 0 Å². The van der Waals surface area contributed by atoms with Crippen LogP contribution in [0.1, 0.15) is 41.3 Å². The minimum atomic E-state index is -0.124. The highest BCUT2D eigenvalue weighted by molar-refractivity contribution is 5.98. The molecule has 0 saturated heterocycles. The van der Waals surface area contributed by atoms with Crippen molar-refractivity contribution in [1.29, 1.82) is 0 Å². The molecule has 2 aromatic carbocycles. The van der Waals surface area contributed by atoms with Gasteiger partial charge in [-0.1, -0.05) is 17.7 Å². The van der Waals surface area contributed by atoms with E-state index in [0.29, 0.717) is 25.1 Å². The van der Waals surface area contributed by atoms with Crippen molar-refractivity contribution in [2.75, 3.05) is 20.3 Å². The summed E-state index contributed by atoms with van der Waals surface area (Å²) < 4.78 is 10.7. The minimum absolute atomic E-state index is 0.0476. The van der Waals surface area contributed by atoms with Crippen LogP contribution in [-0.2, 0) is 11.2 Å². The highest BCUT2D eigenvalue weighted by Gasteiger charge is 2.10. The van der Waals surface area contributed by atoms with Gasteiger partial charge in [-0.05, 0) is 56.2 Å². The molecule has 0 aliphatic rings. The Morgan fingerprint density at radius 1 is 1.04 bits per heavy atom. The van der Waals surface area contributed by atoms with Gasteiger partial charge in [-0.15, -0.1) is 0 Å². The van der Waals surface area contributed by atoms with Crippen LogP contribution >= 0.6 is 0 Å². The number of aryl methyl sites for hydroxylation is 1. The Labute approximate surface area is 160 Å². The summed E-state index contributed by atoms with van der Waals surface area (Å²) in [6, 6.07) is 13.0. The zero-order chi connectivity index (χ0) is 19.6. The quantitative estimate of drug-likeness (QED) is 0.648. The molecule has 0 spiro atoms. The Morgan fingerprint density at radius 2 is 1.78 bits per heavy atom. The van der Waals surface area contributed by atoms with Crippen molar-refractivity contribution in [1.82, 2.24) is 5.32 Å². The van der Waals surface area contributed by atoms with Gasteiger partial charge in [0.25, 0.3) is 0 Å². The molecule has 1 N–H and O–H groups in total. The summed E-state index contributed by atoms with van der Waals surface area (Å²) in [6.45, 7) is 5.03. The first-order chi connectivity index (χ1) is 13.0. The fourth-order valence-corrected chi connectivity index (χ4v) is 2.80. The molecule has 0 aromatic heterocycles. The summed E-state index contributed by atoms with van der Waals surface area (Å²) in [5.74, 6) is 1.38. The molecule has 1 amide bonds. The molecule has 0 radical (unpaired) electrons. The molecule has 2 aromatic rings. The largest absolute Gasteiger partial charge is 0.496 e. The lowest BCUT2D eigenvalue weighted by atomic mass is 10.1. The summed E-state index contributed by atoms with van der Waals surface area (Å²) in [4.78, 5) is 24.2. The van der Waals surface area contributed by atoms with Gasteiger partial charge in [0.1, 0.15) is 11.5 Å². The van der Waals surface area contributed by atoms with E-state index in [-0.39, 0.29) is 24.5 Å². The molecule has 0 unspecified atom stereocenters. The molecule has 0 saturated carbocycles. The van der Waals surface area contributed by atoms with Gasteiger partial charge in [0.2, 0.25) is 5.91 Å². The fourth-order valence-electron chi connectivity index (χ4n) is 2.80. The predicted molar refractivity (Wildman–Crippen MR) is 106 cm³/mol. The molecule has 0 bridgehead atoms. The summed E-state index contributed by atoms with van der Waals surface area (Å²) in [7, 11) is 1.64. The van der Waals surface area contributed by atoms with Crippen LogP contribution in [0, 0.1) is 6.92 Å². The van der Waals surface area contributed by atoms with Crippen LogP contribution in [0.4, 0.5) is 0 Å². The zero-order valence-electron chi connectivity index (χ0n) is 16.2. The number of nitrogens with one attached hydrogen (secondary N) is 1. The van der Waals surface area contributed by atoms with Crippen molar-refractivity contribution in [2.45, 2.75) is 33.1 Å². The van der Waals surface area contributed by atoms with Crippen molar-refractivity contribution in [3.63, 3.8) is 0 Å². The number of Topliss-reactive ketones (excluding diaryl/α,β-unsaturated/α-hetero) is 1. The number of ether oxygens (including phenoxy) is 2. The summed E-state index contributed by atoms with van der Waals surface area (Å²) in [6.07, 6.45) is 1.05. The Kier molecular flexibility index (Phi) is 7.86. The number of hydrogen-bond donors (Lipinski definition) is 1. The number of benzene rings is 2. The van der Waals surface area contributed by atoms with E-state index in [1.54, 1.807) is 31.4 Å². The number of methoxy groups -OCH3 is 1. The van der Waals surface area contributed by atoms with Gasteiger partial charge < -0.3 is 14.8 Å². The number of amides is 1. The maximum atomic E-state index is 12.2. The van der Waals surface area contributed by atoms with Crippen LogP contribution in [-0.4, -0.2) is 32.0 Å². The van der Waals surface area contributed by atoms with Crippen molar-refractivity contribution in [3.05, 3.63) is 59.2 Å². The topological polar surface area (TPSA) is 64.6 Å². The molecule has 0 aliphatic heterocycles. The first-order valence-corrected chi connectivity index (χ1v) is 9.19. The van der Waals surface area contributed by atoms with E-state index in [9.17, 15) is 9.59 Å². The van der Waals surface area contributed by atoms with Gasteiger partial charge in [-0.25, -0.2) is 0 Å². The normalized spacial score (nSPS) is 10.3. The SMILES string of the molecule is CCOc1ccc(C(=O)CCC(=O)NCCc2cc(C)ccc2OC)cc1. The van der Waals surface area contributed by atoms with E-state index in [1.807, 2.05) is 26.0 Å². The summed E-state index contributed by atoms with van der Waals surface area (Å²) in [5.41, 5.74) is 2.80. The predicted octanol–water partition coefficient (Wildman–Crippen LogP) is 3.72. The molecule has 0 fully saturated rings. The Morgan fingerprint density at radius 3 is 2.44 bits per heavy atom. The van der Waals surface area contributed by atoms with Crippen molar-refractivity contribution < 1.29 is 19.1 Å². The molecule has 5 heteroatoms. The Balaban J connectivity index is 1.76. The molecular formula is C22H27NO4. The summed E-state index contributed by atoms with van der Waals surface area (Å²) >= 11 is 0. The molecule has 0 aliphatic carbocycles. The second-order valence-corrected chi connectivity index (χ2v) is 6.30. The second kappa shape index (κ2) is 10.4. The Hall–Kier alpha value is -2.82. The van der Waals surface area contributed by atoms with Crippen molar-refractivity contribution in [3.8, 4) is 11.5 Å². The van der Waals surface area contributed by atoms with Gasteiger partial charge in [-0.3, -0.25) is 9.59 Å². The number of ketones is 1. The van der Waals surface area contributed by atoms with Crippen molar-refractivity contribution in [2.24, 2.45) is 0 Å². The van der Waals surface area contributed by atoms with E-state index in [4.69, 9.17) is 9.47 Å². The number of carbonyl (C=O) groups is 2. The van der Waals surface area contributed by atoms with Gasteiger partial charge in [0.05, 0.1) is 13.7 Å². The van der Waals surface area contributed by atoms with Gasteiger partial charge >= 0.3 is 0 Å². The second-order valence-electron chi connectivity index (χ2n) is 6.30. The fraction of sp³-hybridized carbons (Fsp3) is 0.364. The number of hydrogen-bond acceptors (Lipinski definition) is 4. The Bertz CT molecular complexity index is 768. The average Bonchev–Trinajstić information content (AvgIpc) is 2.67. The standard InChI is InChI=1S/C22H27NO4/c1-4-27-19-8-6-17(7-9-19)20(24)10-12-22(25)23-14-13-18-15-16(2)5-11-21(18)26-3/h5-9,11,15H,4,10,12-14H2,1-3H3,(H,23,25). The minimum Gasteiger partial charge on any atom is -0.496 e.